The maximum absolute atomic E-state index is 5.71. The number of hydrogen-bond donors (Lipinski definition) is 0. The molecule has 2 heteroatoms. The van der Waals surface area contributed by atoms with Gasteiger partial charge in [-0.1, -0.05) is 34.6 Å². The van der Waals surface area contributed by atoms with Crippen LogP contribution in [0.3, 0.4) is 0 Å². The van der Waals surface area contributed by atoms with Gasteiger partial charge < -0.3 is 4.74 Å². The van der Waals surface area contributed by atoms with Crippen LogP contribution < -0.4 is 0 Å². The highest BCUT2D eigenvalue weighted by atomic mass is 16.5. The molecule has 0 aromatic carbocycles. The Kier molecular flexibility index (Phi) is 2.46. The van der Waals surface area contributed by atoms with Gasteiger partial charge in [0.15, 0.2) is 5.90 Å². The maximum atomic E-state index is 5.71. The zero-order valence-corrected chi connectivity index (χ0v) is 10.6. The van der Waals surface area contributed by atoms with Gasteiger partial charge in [-0.15, -0.1) is 0 Å². The van der Waals surface area contributed by atoms with Crippen LogP contribution in [0, 0.1) is 10.8 Å². The average Bonchev–Trinajstić information content (AvgIpc) is 2.28. The van der Waals surface area contributed by atoms with Crippen LogP contribution in [-0.4, -0.2) is 18.0 Å². The van der Waals surface area contributed by atoms with Gasteiger partial charge >= 0.3 is 0 Å². The molecule has 14 heavy (non-hydrogen) atoms. The highest BCUT2D eigenvalue weighted by Crippen LogP contribution is 2.41. The van der Waals surface area contributed by atoms with E-state index in [-0.39, 0.29) is 16.4 Å². The van der Waals surface area contributed by atoms with Crippen LogP contribution in [0.1, 0.15) is 48.5 Å². The van der Waals surface area contributed by atoms with Crippen molar-refractivity contribution in [3.05, 3.63) is 0 Å². The van der Waals surface area contributed by atoms with Crippen LogP contribution in [0.25, 0.3) is 0 Å². The Bertz CT molecular complexity index is 256. The van der Waals surface area contributed by atoms with Crippen molar-refractivity contribution < 1.29 is 4.74 Å². The fourth-order valence-corrected chi connectivity index (χ4v) is 1.23. The molecule has 1 aliphatic heterocycles. The average molecular weight is 197 g/mol. The summed E-state index contributed by atoms with van der Waals surface area (Å²) in [7, 11) is 0. The third-order valence-electron chi connectivity index (χ3n) is 3.38. The van der Waals surface area contributed by atoms with Crippen molar-refractivity contribution in [3.63, 3.8) is 0 Å². The van der Waals surface area contributed by atoms with Crippen molar-refractivity contribution in [1.82, 2.24) is 0 Å². The van der Waals surface area contributed by atoms with Crippen LogP contribution >= 0.6 is 0 Å². The van der Waals surface area contributed by atoms with E-state index >= 15 is 0 Å². The number of aliphatic imine (C=N–C) groups is 1. The molecule has 0 aliphatic carbocycles. The molecule has 0 saturated heterocycles. The molecule has 1 aliphatic rings. The Hall–Kier alpha value is -0.530. The van der Waals surface area contributed by atoms with Gasteiger partial charge in [0, 0.05) is 5.41 Å². The summed E-state index contributed by atoms with van der Waals surface area (Å²) >= 11 is 0. The second kappa shape index (κ2) is 2.98. The smallest absolute Gasteiger partial charge is 0.190 e. The van der Waals surface area contributed by atoms with Crippen molar-refractivity contribution in [2.24, 2.45) is 15.8 Å². The zero-order chi connectivity index (χ0) is 11.2. The zero-order valence-electron chi connectivity index (χ0n) is 10.6. The van der Waals surface area contributed by atoms with Crippen molar-refractivity contribution in [3.8, 4) is 0 Å². The lowest BCUT2D eigenvalue weighted by molar-refractivity contribution is 0.164. The van der Waals surface area contributed by atoms with E-state index in [0.29, 0.717) is 6.61 Å². The summed E-state index contributed by atoms with van der Waals surface area (Å²) in [5.74, 6) is 0.912. The van der Waals surface area contributed by atoms with Crippen molar-refractivity contribution >= 4 is 5.90 Å². The van der Waals surface area contributed by atoms with Gasteiger partial charge in [-0.2, -0.15) is 0 Å². The second-order valence-corrected chi connectivity index (χ2v) is 6.39. The quantitative estimate of drug-likeness (QED) is 0.632. The molecule has 0 radical (unpaired) electrons. The lowest BCUT2D eigenvalue weighted by Gasteiger charge is -2.37. The molecule has 0 N–H and O–H groups in total. The molecule has 82 valence electrons. The fraction of sp³-hybridized carbons (Fsp3) is 0.917. The monoisotopic (exact) mass is 197 g/mol. The lowest BCUT2D eigenvalue weighted by Crippen LogP contribution is -2.37. The predicted octanol–water partition coefficient (Wildman–Crippen LogP) is 3.27. The first kappa shape index (κ1) is 11.5. The Morgan fingerprint density at radius 2 is 1.64 bits per heavy atom. The summed E-state index contributed by atoms with van der Waals surface area (Å²) in [6, 6.07) is 0. The van der Waals surface area contributed by atoms with Crippen LogP contribution in [0.4, 0.5) is 0 Å². The number of rotatable bonds is 1. The van der Waals surface area contributed by atoms with Crippen LogP contribution in [0.15, 0.2) is 4.99 Å². The molecule has 0 saturated carbocycles. The molecule has 1 rings (SSSR count). The minimum Gasteiger partial charge on any atom is -0.478 e. The molecule has 0 amide bonds. The van der Waals surface area contributed by atoms with E-state index in [1.165, 1.54) is 0 Å². The van der Waals surface area contributed by atoms with E-state index < -0.39 is 0 Å². The summed E-state index contributed by atoms with van der Waals surface area (Å²) in [6.45, 7) is 16.0. The van der Waals surface area contributed by atoms with Crippen molar-refractivity contribution in [2.75, 3.05) is 6.61 Å². The van der Waals surface area contributed by atoms with Gasteiger partial charge in [0.1, 0.15) is 6.61 Å². The molecule has 0 fully saturated rings. The van der Waals surface area contributed by atoms with Crippen LogP contribution in [0.2, 0.25) is 0 Å². The van der Waals surface area contributed by atoms with Gasteiger partial charge in [-0.3, -0.25) is 0 Å². The van der Waals surface area contributed by atoms with Crippen molar-refractivity contribution in [1.29, 1.82) is 0 Å². The third kappa shape index (κ3) is 1.94. The van der Waals surface area contributed by atoms with Crippen LogP contribution in [0.5, 0.6) is 0 Å². The first-order chi connectivity index (χ1) is 6.06. The Morgan fingerprint density at radius 1 is 1.14 bits per heavy atom. The van der Waals surface area contributed by atoms with Gasteiger partial charge in [0.25, 0.3) is 0 Å². The Balaban J connectivity index is 2.96. The van der Waals surface area contributed by atoms with Crippen LogP contribution in [-0.2, 0) is 4.74 Å². The Morgan fingerprint density at radius 3 is 1.93 bits per heavy atom. The standard InChI is InChI=1S/C12H23NO/c1-10(2,3)12(6,7)9-13-11(4,5)8-14-9/h8H2,1-7H3. The summed E-state index contributed by atoms with van der Waals surface area (Å²) < 4.78 is 5.71. The normalized spacial score (nSPS) is 21.8. The maximum Gasteiger partial charge on any atom is 0.190 e. The molecule has 0 spiro atoms. The molecule has 0 bridgehead atoms. The molecule has 0 aromatic rings. The highest BCUT2D eigenvalue weighted by Gasteiger charge is 2.43. The highest BCUT2D eigenvalue weighted by molar-refractivity contribution is 5.84. The summed E-state index contributed by atoms with van der Waals surface area (Å²) in [6.07, 6.45) is 0. The van der Waals surface area contributed by atoms with Gasteiger partial charge in [0.05, 0.1) is 5.54 Å². The third-order valence-corrected chi connectivity index (χ3v) is 3.38. The Labute approximate surface area is 87.8 Å². The van der Waals surface area contributed by atoms with E-state index in [1.54, 1.807) is 0 Å². The molecule has 0 atom stereocenters. The van der Waals surface area contributed by atoms with Gasteiger partial charge in [-0.05, 0) is 19.3 Å². The summed E-state index contributed by atoms with van der Waals surface area (Å²) in [5.41, 5.74) is 0.130. The summed E-state index contributed by atoms with van der Waals surface area (Å²) in [5, 5.41) is 0. The largest absolute Gasteiger partial charge is 0.478 e. The SMILES string of the molecule is CC1(C)COC(C(C)(C)C(C)(C)C)=N1. The van der Waals surface area contributed by atoms with E-state index in [0.717, 1.165) is 5.90 Å². The minimum atomic E-state index is -0.0438. The van der Waals surface area contributed by atoms with E-state index in [2.05, 4.69) is 53.5 Å². The fourth-order valence-electron chi connectivity index (χ4n) is 1.23. The topological polar surface area (TPSA) is 21.6 Å². The van der Waals surface area contributed by atoms with E-state index in [1.807, 2.05) is 0 Å². The molecular formula is C12H23NO. The van der Waals surface area contributed by atoms with E-state index in [4.69, 9.17) is 4.74 Å². The number of nitrogens with zero attached hydrogens (tertiary/aromatic N) is 1. The molecule has 1 heterocycles. The first-order valence-electron chi connectivity index (χ1n) is 5.29. The number of hydrogen-bond acceptors (Lipinski definition) is 2. The summed E-state index contributed by atoms with van der Waals surface area (Å²) in [4.78, 5) is 4.65. The lowest BCUT2D eigenvalue weighted by atomic mass is 9.69. The molecule has 2 nitrogen and oxygen atoms in total. The van der Waals surface area contributed by atoms with Gasteiger partial charge in [0.2, 0.25) is 0 Å². The predicted molar refractivity (Wildman–Crippen MR) is 60.7 cm³/mol. The van der Waals surface area contributed by atoms with Crippen molar-refractivity contribution in [2.45, 2.75) is 54.0 Å². The molecular weight excluding hydrogens is 174 g/mol. The number of ether oxygens (including phenoxy) is 1. The molecule has 0 aromatic heterocycles. The molecule has 0 unspecified atom stereocenters. The van der Waals surface area contributed by atoms with Gasteiger partial charge in [-0.25, -0.2) is 4.99 Å². The van der Waals surface area contributed by atoms with E-state index in [9.17, 15) is 0 Å². The first-order valence-corrected chi connectivity index (χ1v) is 5.29. The second-order valence-electron chi connectivity index (χ2n) is 6.39. The minimum absolute atomic E-state index is 0.000764.